The maximum atomic E-state index is 12.7. The van der Waals surface area contributed by atoms with Gasteiger partial charge in [-0.25, -0.2) is 4.99 Å². The number of isothiocyanates is 1. The van der Waals surface area contributed by atoms with E-state index in [1.807, 2.05) is 27.7 Å². The Balaban J connectivity index is 4.08. The van der Waals surface area contributed by atoms with Crippen molar-refractivity contribution < 1.29 is 13.6 Å². The van der Waals surface area contributed by atoms with Gasteiger partial charge >= 0.3 is 7.60 Å². The van der Waals surface area contributed by atoms with Crippen LogP contribution in [0.25, 0.3) is 0 Å². The fourth-order valence-corrected chi connectivity index (χ4v) is 3.67. The molecule has 0 aliphatic heterocycles. The van der Waals surface area contributed by atoms with Crippen molar-refractivity contribution >= 4 is 25.0 Å². The van der Waals surface area contributed by atoms with Crippen molar-refractivity contribution in [3.8, 4) is 0 Å². The molecule has 0 atom stereocenters. The van der Waals surface area contributed by atoms with Crippen LogP contribution < -0.4 is 0 Å². The number of hydrogen-bond acceptors (Lipinski definition) is 5. The van der Waals surface area contributed by atoms with Gasteiger partial charge in [0.25, 0.3) is 0 Å². The molecule has 0 aliphatic rings. The van der Waals surface area contributed by atoms with Crippen molar-refractivity contribution in [1.29, 1.82) is 0 Å². The Bertz CT molecular complexity index is 339. The third kappa shape index (κ3) is 13.3. The van der Waals surface area contributed by atoms with Crippen LogP contribution >= 0.6 is 19.8 Å². The molecule has 0 saturated heterocycles. The van der Waals surface area contributed by atoms with E-state index >= 15 is 0 Å². The zero-order valence-electron chi connectivity index (χ0n) is 13.8. The second kappa shape index (κ2) is 12.5. The summed E-state index contributed by atoms with van der Waals surface area (Å²) in [6.07, 6.45) is 4.41. The van der Waals surface area contributed by atoms with Crippen LogP contribution in [0.2, 0.25) is 0 Å². The number of unbranched alkanes of at least 4 members (excludes halogenated alkanes) is 3. The van der Waals surface area contributed by atoms with Crippen LogP contribution in [0.1, 0.15) is 53.4 Å². The largest absolute Gasteiger partial charge is 0.330 e. The lowest BCUT2D eigenvalue weighted by Crippen LogP contribution is -2.08. The monoisotopic (exact) mass is 335 g/mol. The minimum Gasteiger partial charge on any atom is -0.308 e. The Morgan fingerprint density at radius 1 is 1.00 bits per heavy atom. The van der Waals surface area contributed by atoms with Crippen molar-refractivity contribution in [2.24, 2.45) is 16.8 Å². The van der Waals surface area contributed by atoms with Crippen LogP contribution in [0.5, 0.6) is 0 Å². The first-order valence-corrected chi connectivity index (χ1v) is 9.95. The highest BCUT2D eigenvalue weighted by atomic mass is 32.1. The fraction of sp³-hybridized carbons (Fsp3) is 0.933. The van der Waals surface area contributed by atoms with E-state index in [9.17, 15) is 4.57 Å². The van der Waals surface area contributed by atoms with Gasteiger partial charge in [-0.3, -0.25) is 4.57 Å². The number of hydrogen-bond donors (Lipinski definition) is 0. The minimum absolute atomic E-state index is 0.355. The van der Waals surface area contributed by atoms with Crippen LogP contribution in [0, 0.1) is 11.8 Å². The van der Waals surface area contributed by atoms with Crippen molar-refractivity contribution in [3.63, 3.8) is 0 Å². The van der Waals surface area contributed by atoms with E-state index in [2.05, 4.69) is 22.4 Å². The summed E-state index contributed by atoms with van der Waals surface area (Å²) in [5.41, 5.74) is 0. The molecule has 0 aromatic heterocycles. The molecule has 6 heteroatoms. The molecule has 0 amide bonds. The highest BCUT2D eigenvalue weighted by Gasteiger charge is 2.24. The molecule has 124 valence electrons. The summed E-state index contributed by atoms with van der Waals surface area (Å²) >= 11 is 4.52. The van der Waals surface area contributed by atoms with Gasteiger partial charge in [-0.05, 0) is 36.9 Å². The van der Waals surface area contributed by atoms with E-state index < -0.39 is 7.60 Å². The molecule has 0 saturated carbocycles. The highest BCUT2D eigenvalue weighted by Crippen LogP contribution is 2.49. The van der Waals surface area contributed by atoms with Gasteiger partial charge in [0.2, 0.25) is 0 Å². The second-order valence-electron chi connectivity index (χ2n) is 6.10. The van der Waals surface area contributed by atoms with Crippen LogP contribution in [0.3, 0.4) is 0 Å². The SMILES string of the molecule is CC(C)COP(=O)(CCCCCCN=C=S)OCC(C)C. The summed E-state index contributed by atoms with van der Waals surface area (Å²) in [6.45, 7) is 9.88. The minimum atomic E-state index is -2.94. The fourth-order valence-electron chi connectivity index (χ4n) is 1.59. The third-order valence-electron chi connectivity index (χ3n) is 2.73. The van der Waals surface area contributed by atoms with Crippen molar-refractivity contribution in [2.75, 3.05) is 25.9 Å². The Morgan fingerprint density at radius 3 is 2.00 bits per heavy atom. The smallest absolute Gasteiger partial charge is 0.308 e. The van der Waals surface area contributed by atoms with Crippen molar-refractivity contribution in [3.05, 3.63) is 0 Å². The number of aliphatic imine (C=N–C) groups is 1. The predicted molar refractivity (Wildman–Crippen MR) is 92.4 cm³/mol. The summed E-state index contributed by atoms with van der Waals surface area (Å²) in [5.74, 6) is 0.710. The van der Waals surface area contributed by atoms with E-state index in [1.54, 1.807) is 0 Å². The predicted octanol–water partition coefficient (Wildman–Crippen LogP) is 5.19. The van der Waals surface area contributed by atoms with Crippen LogP contribution in [0.15, 0.2) is 4.99 Å². The Morgan fingerprint density at radius 2 is 1.52 bits per heavy atom. The standard InChI is InChI=1S/C15H30NO3PS/c1-14(2)11-18-20(17,19-12-15(3)4)10-8-6-5-7-9-16-13-21/h14-15H,5-12H2,1-4H3. The van der Waals surface area contributed by atoms with Gasteiger partial charge in [-0.1, -0.05) is 40.5 Å². The summed E-state index contributed by atoms with van der Waals surface area (Å²) in [4.78, 5) is 3.88. The molecule has 0 heterocycles. The second-order valence-corrected chi connectivity index (χ2v) is 8.47. The van der Waals surface area contributed by atoms with Gasteiger partial charge in [-0.2, -0.15) is 0 Å². The van der Waals surface area contributed by atoms with Crippen LogP contribution in [0.4, 0.5) is 0 Å². The van der Waals surface area contributed by atoms with E-state index in [-0.39, 0.29) is 0 Å². The summed E-state index contributed by atoms with van der Waals surface area (Å²) in [5, 5.41) is 2.36. The lowest BCUT2D eigenvalue weighted by Gasteiger charge is -2.20. The number of nitrogens with zero attached hydrogens (tertiary/aromatic N) is 1. The Hall–Kier alpha value is -0.0500. The first-order chi connectivity index (χ1) is 9.89. The first kappa shape index (κ1) is 20.9. The maximum Gasteiger partial charge on any atom is 0.330 e. The molecule has 0 aliphatic carbocycles. The van der Waals surface area contributed by atoms with E-state index in [4.69, 9.17) is 9.05 Å². The number of rotatable bonds is 13. The molecular formula is C15H30NO3PS. The van der Waals surface area contributed by atoms with E-state index in [0.29, 0.717) is 31.2 Å². The number of thiocarbonyl (C=S) groups is 1. The van der Waals surface area contributed by atoms with Gasteiger partial charge in [0.05, 0.1) is 24.5 Å². The van der Waals surface area contributed by atoms with Gasteiger partial charge in [0.1, 0.15) is 0 Å². The molecule has 0 aromatic rings. The van der Waals surface area contributed by atoms with E-state index in [1.165, 1.54) is 0 Å². The van der Waals surface area contributed by atoms with E-state index in [0.717, 1.165) is 32.2 Å². The molecular weight excluding hydrogens is 305 g/mol. The molecule has 21 heavy (non-hydrogen) atoms. The van der Waals surface area contributed by atoms with Gasteiger partial charge < -0.3 is 9.05 Å². The molecule has 4 nitrogen and oxygen atoms in total. The lowest BCUT2D eigenvalue weighted by molar-refractivity contribution is 0.172. The molecule has 0 fully saturated rings. The van der Waals surface area contributed by atoms with Crippen LogP contribution in [-0.4, -0.2) is 31.1 Å². The topological polar surface area (TPSA) is 47.9 Å². The summed E-state index contributed by atoms with van der Waals surface area (Å²) in [6, 6.07) is 0. The average Bonchev–Trinajstić information content (AvgIpc) is 2.42. The molecule has 0 spiro atoms. The molecule has 0 bridgehead atoms. The molecule has 0 aromatic carbocycles. The molecule has 0 rings (SSSR count). The van der Waals surface area contributed by atoms with Crippen molar-refractivity contribution in [2.45, 2.75) is 53.4 Å². The summed E-state index contributed by atoms with van der Waals surface area (Å²) < 4.78 is 23.8. The zero-order valence-corrected chi connectivity index (χ0v) is 15.5. The third-order valence-corrected chi connectivity index (χ3v) is 4.80. The zero-order chi connectivity index (χ0) is 16.1. The van der Waals surface area contributed by atoms with Crippen molar-refractivity contribution in [1.82, 2.24) is 0 Å². The highest BCUT2D eigenvalue weighted by molar-refractivity contribution is 7.78. The summed E-state index contributed by atoms with van der Waals surface area (Å²) in [7, 11) is -2.94. The molecule has 0 unspecified atom stereocenters. The normalized spacial score (nSPS) is 11.9. The Labute approximate surface area is 135 Å². The van der Waals surface area contributed by atoms with Gasteiger partial charge in [0.15, 0.2) is 0 Å². The lowest BCUT2D eigenvalue weighted by atomic mass is 10.2. The van der Waals surface area contributed by atoms with Gasteiger partial charge in [0, 0.05) is 6.54 Å². The molecule has 0 N–H and O–H groups in total. The first-order valence-electron chi connectivity index (χ1n) is 7.81. The average molecular weight is 335 g/mol. The van der Waals surface area contributed by atoms with Gasteiger partial charge in [-0.15, -0.1) is 0 Å². The quantitative estimate of drug-likeness (QED) is 0.201. The Kier molecular flexibility index (Phi) is 12.5. The molecule has 0 radical (unpaired) electrons. The van der Waals surface area contributed by atoms with Crippen LogP contribution in [-0.2, 0) is 13.6 Å². The maximum absolute atomic E-state index is 12.7.